The van der Waals surface area contributed by atoms with Gasteiger partial charge in [-0.3, -0.25) is 5.10 Å². The zero-order chi connectivity index (χ0) is 13.2. The Balaban J connectivity index is 1.85. The van der Waals surface area contributed by atoms with Gasteiger partial charge < -0.3 is 5.73 Å². The SMILES string of the molecule is Cc1nc(CN)sc1-c1n[nH]c(C2CCCCC2)n1. The van der Waals surface area contributed by atoms with Crippen LogP contribution >= 0.6 is 11.3 Å². The van der Waals surface area contributed by atoms with Crippen LogP contribution in [0.25, 0.3) is 10.7 Å². The molecule has 0 radical (unpaired) electrons. The predicted molar refractivity (Wildman–Crippen MR) is 75.9 cm³/mol. The van der Waals surface area contributed by atoms with Crippen LogP contribution in [0.1, 0.15) is 54.5 Å². The summed E-state index contributed by atoms with van der Waals surface area (Å²) in [5.74, 6) is 2.37. The number of hydrogen-bond acceptors (Lipinski definition) is 5. The zero-order valence-corrected chi connectivity index (χ0v) is 12.0. The topological polar surface area (TPSA) is 80.5 Å². The lowest BCUT2D eigenvalue weighted by molar-refractivity contribution is 0.429. The van der Waals surface area contributed by atoms with Crippen LogP contribution in [0.5, 0.6) is 0 Å². The van der Waals surface area contributed by atoms with Crippen molar-refractivity contribution in [3.8, 4) is 10.7 Å². The molecule has 2 heterocycles. The van der Waals surface area contributed by atoms with Gasteiger partial charge in [-0.15, -0.1) is 11.3 Å². The standard InChI is InChI=1S/C13H19N5S/c1-8-11(19-10(7-14)15-8)13-16-12(17-18-13)9-5-3-2-4-6-9/h9H,2-7,14H2,1H3,(H,16,17,18). The monoisotopic (exact) mass is 277 g/mol. The predicted octanol–water partition coefficient (Wildman–Crippen LogP) is 2.74. The lowest BCUT2D eigenvalue weighted by atomic mass is 9.89. The molecule has 2 aromatic rings. The van der Waals surface area contributed by atoms with E-state index in [4.69, 9.17) is 5.73 Å². The molecule has 3 rings (SSSR count). The molecule has 0 aromatic carbocycles. The molecule has 0 bridgehead atoms. The van der Waals surface area contributed by atoms with Gasteiger partial charge in [0, 0.05) is 12.5 Å². The Morgan fingerprint density at radius 3 is 2.74 bits per heavy atom. The minimum atomic E-state index is 0.478. The van der Waals surface area contributed by atoms with Gasteiger partial charge in [0.25, 0.3) is 0 Å². The highest BCUT2D eigenvalue weighted by atomic mass is 32.1. The van der Waals surface area contributed by atoms with Gasteiger partial charge >= 0.3 is 0 Å². The Bertz CT molecular complexity index is 553. The largest absolute Gasteiger partial charge is 0.325 e. The molecule has 0 saturated heterocycles. The molecule has 19 heavy (non-hydrogen) atoms. The Hall–Kier alpha value is -1.27. The first-order chi connectivity index (χ1) is 9.28. The normalized spacial score (nSPS) is 16.9. The second kappa shape index (κ2) is 5.38. The van der Waals surface area contributed by atoms with Gasteiger partial charge in [0.2, 0.25) is 0 Å². The van der Waals surface area contributed by atoms with Crippen LogP contribution < -0.4 is 5.73 Å². The van der Waals surface area contributed by atoms with Gasteiger partial charge in [-0.25, -0.2) is 9.97 Å². The minimum Gasteiger partial charge on any atom is -0.325 e. The third-order valence-electron chi connectivity index (χ3n) is 3.71. The number of aryl methyl sites for hydroxylation is 1. The first kappa shape index (κ1) is 12.7. The molecular formula is C13H19N5S. The van der Waals surface area contributed by atoms with E-state index in [-0.39, 0.29) is 0 Å². The van der Waals surface area contributed by atoms with E-state index in [1.54, 1.807) is 11.3 Å². The van der Waals surface area contributed by atoms with Crippen molar-refractivity contribution in [1.82, 2.24) is 20.2 Å². The van der Waals surface area contributed by atoms with Crippen molar-refractivity contribution in [3.05, 3.63) is 16.5 Å². The van der Waals surface area contributed by atoms with E-state index >= 15 is 0 Å². The number of rotatable bonds is 3. The molecule has 1 aliphatic rings. The van der Waals surface area contributed by atoms with Crippen molar-refractivity contribution < 1.29 is 0 Å². The van der Waals surface area contributed by atoms with E-state index in [1.807, 2.05) is 6.92 Å². The fourth-order valence-corrected chi connectivity index (χ4v) is 3.56. The van der Waals surface area contributed by atoms with Crippen molar-refractivity contribution in [1.29, 1.82) is 0 Å². The van der Waals surface area contributed by atoms with Gasteiger partial charge in [-0.2, -0.15) is 5.10 Å². The maximum Gasteiger partial charge on any atom is 0.193 e. The summed E-state index contributed by atoms with van der Waals surface area (Å²) in [7, 11) is 0. The summed E-state index contributed by atoms with van der Waals surface area (Å²) in [6, 6.07) is 0. The molecule has 1 aliphatic carbocycles. The summed E-state index contributed by atoms with van der Waals surface area (Å²) < 4.78 is 0. The number of nitrogens with zero attached hydrogens (tertiary/aromatic N) is 3. The van der Waals surface area contributed by atoms with Crippen LogP contribution in [0.4, 0.5) is 0 Å². The van der Waals surface area contributed by atoms with Gasteiger partial charge in [0.1, 0.15) is 10.8 Å². The molecule has 102 valence electrons. The van der Waals surface area contributed by atoms with Crippen molar-refractivity contribution in [2.75, 3.05) is 0 Å². The average Bonchev–Trinajstić information content (AvgIpc) is 3.06. The third kappa shape index (κ3) is 2.55. The highest BCUT2D eigenvalue weighted by Crippen LogP contribution is 2.33. The Morgan fingerprint density at radius 2 is 2.05 bits per heavy atom. The molecule has 1 saturated carbocycles. The Kier molecular flexibility index (Phi) is 3.61. The van der Waals surface area contributed by atoms with Gasteiger partial charge in [0.15, 0.2) is 5.82 Å². The van der Waals surface area contributed by atoms with E-state index in [1.165, 1.54) is 32.1 Å². The van der Waals surface area contributed by atoms with Crippen molar-refractivity contribution in [3.63, 3.8) is 0 Å². The number of hydrogen-bond donors (Lipinski definition) is 2. The highest BCUT2D eigenvalue weighted by molar-refractivity contribution is 7.15. The van der Waals surface area contributed by atoms with E-state index in [2.05, 4.69) is 20.2 Å². The quantitative estimate of drug-likeness (QED) is 0.904. The maximum atomic E-state index is 5.63. The van der Waals surface area contributed by atoms with Crippen LogP contribution in [0.3, 0.4) is 0 Å². The first-order valence-corrected chi connectivity index (χ1v) is 7.68. The summed E-state index contributed by atoms with van der Waals surface area (Å²) in [6.45, 7) is 2.47. The van der Waals surface area contributed by atoms with E-state index in [0.717, 1.165) is 27.2 Å². The van der Waals surface area contributed by atoms with Gasteiger partial charge in [-0.05, 0) is 19.8 Å². The second-order valence-electron chi connectivity index (χ2n) is 5.11. The average molecular weight is 277 g/mol. The van der Waals surface area contributed by atoms with Crippen LogP contribution in [0, 0.1) is 6.92 Å². The number of aromatic amines is 1. The van der Waals surface area contributed by atoms with Crippen LogP contribution in [0.15, 0.2) is 0 Å². The van der Waals surface area contributed by atoms with E-state index in [0.29, 0.717) is 12.5 Å². The first-order valence-electron chi connectivity index (χ1n) is 6.87. The molecule has 0 unspecified atom stereocenters. The van der Waals surface area contributed by atoms with Crippen LogP contribution in [-0.4, -0.2) is 20.2 Å². The molecule has 6 heteroatoms. The second-order valence-corrected chi connectivity index (χ2v) is 6.19. The number of nitrogens with two attached hydrogens (primary N) is 1. The van der Waals surface area contributed by atoms with Gasteiger partial charge in [0.05, 0.1) is 10.6 Å². The lowest BCUT2D eigenvalue weighted by Gasteiger charge is -2.18. The summed E-state index contributed by atoms with van der Waals surface area (Å²) in [5, 5.41) is 8.42. The number of thiazole rings is 1. The molecule has 0 amide bonds. The van der Waals surface area contributed by atoms with E-state index < -0.39 is 0 Å². The molecule has 0 aliphatic heterocycles. The van der Waals surface area contributed by atoms with Gasteiger partial charge in [-0.1, -0.05) is 19.3 Å². The highest BCUT2D eigenvalue weighted by Gasteiger charge is 2.21. The molecule has 3 N–H and O–H groups in total. The summed E-state index contributed by atoms with van der Waals surface area (Å²) in [5.41, 5.74) is 6.60. The molecule has 1 fully saturated rings. The Labute approximate surface area is 116 Å². The number of H-pyrrole nitrogens is 1. The smallest absolute Gasteiger partial charge is 0.193 e. The number of aromatic nitrogens is 4. The van der Waals surface area contributed by atoms with Crippen molar-refractivity contribution in [2.24, 2.45) is 5.73 Å². The fourth-order valence-electron chi connectivity index (χ4n) is 2.68. The third-order valence-corrected chi connectivity index (χ3v) is 4.89. The maximum absolute atomic E-state index is 5.63. The molecule has 2 aromatic heterocycles. The van der Waals surface area contributed by atoms with E-state index in [9.17, 15) is 0 Å². The molecule has 0 atom stereocenters. The summed E-state index contributed by atoms with van der Waals surface area (Å²) in [6.07, 6.45) is 6.41. The molecular weight excluding hydrogens is 258 g/mol. The lowest BCUT2D eigenvalue weighted by Crippen LogP contribution is -2.06. The van der Waals surface area contributed by atoms with Crippen LogP contribution in [-0.2, 0) is 6.54 Å². The molecule has 5 nitrogen and oxygen atoms in total. The van der Waals surface area contributed by atoms with Crippen molar-refractivity contribution >= 4 is 11.3 Å². The number of nitrogens with one attached hydrogen (secondary N) is 1. The minimum absolute atomic E-state index is 0.478. The zero-order valence-electron chi connectivity index (χ0n) is 11.1. The fraction of sp³-hybridized carbons (Fsp3) is 0.615. The molecule has 0 spiro atoms. The van der Waals surface area contributed by atoms with Crippen LogP contribution in [0.2, 0.25) is 0 Å². The Morgan fingerprint density at radius 1 is 1.26 bits per heavy atom. The summed E-state index contributed by atoms with van der Waals surface area (Å²) in [4.78, 5) is 10.1. The van der Waals surface area contributed by atoms with Crippen molar-refractivity contribution in [2.45, 2.75) is 51.5 Å². The summed E-state index contributed by atoms with van der Waals surface area (Å²) >= 11 is 1.59.